The van der Waals surface area contributed by atoms with Gasteiger partial charge in [0.1, 0.15) is 12.3 Å². The Hall–Kier alpha value is -1.80. The number of nitrogens with zero attached hydrogens (tertiary/aromatic N) is 2. The van der Waals surface area contributed by atoms with Gasteiger partial charge >= 0.3 is 0 Å². The number of hydrogen-bond donors (Lipinski definition) is 1. The fourth-order valence-electron chi connectivity index (χ4n) is 3.23. The Morgan fingerprint density at radius 1 is 1.15 bits per heavy atom. The van der Waals surface area contributed by atoms with Gasteiger partial charge in [0, 0.05) is 6.54 Å². The molecule has 0 unspecified atom stereocenters. The molecule has 0 atom stereocenters. The van der Waals surface area contributed by atoms with Crippen molar-refractivity contribution >= 4 is 21.6 Å². The van der Waals surface area contributed by atoms with E-state index in [9.17, 15) is 13.2 Å². The smallest absolute Gasteiger partial charge is 0.240 e. The molecule has 1 fully saturated rings. The maximum absolute atomic E-state index is 12.2. The summed E-state index contributed by atoms with van der Waals surface area (Å²) in [5.74, 6) is 0.331. The second-order valence-electron chi connectivity index (χ2n) is 6.93. The van der Waals surface area contributed by atoms with Gasteiger partial charge in [0.15, 0.2) is 0 Å². The summed E-state index contributed by atoms with van der Waals surface area (Å²) in [6, 6.07) is 6.61. The molecular formula is C19H31N3O4S. The van der Waals surface area contributed by atoms with Crippen molar-refractivity contribution in [1.29, 1.82) is 0 Å². The highest BCUT2D eigenvalue weighted by Crippen LogP contribution is 2.21. The molecule has 0 radical (unpaired) electrons. The summed E-state index contributed by atoms with van der Waals surface area (Å²) in [6.45, 7) is 3.56. The Kier molecular flexibility index (Phi) is 8.37. The van der Waals surface area contributed by atoms with Gasteiger partial charge < -0.3 is 15.0 Å². The van der Waals surface area contributed by atoms with E-state index in [1.807, 2.05) is 0 Å². The van der Waals surface area contributed by atoms with Crippen LogP contribution in [0, 0.1) is 0 Å². The van der Waals surface area contributed by atoms with Gasteiger partial charge in [-0.3, -0.25) is 9.10 Å². The van der Waals surface area contributed by atoms with E-state index in [4.69, 9.17) is 4.74 Å². The summed E-state index contributed by atoms with van der Waals surface area (Å²) in [6.07, 6.45) is 7.08. The third-order valence-electron chi connectivity index (χ3n) is 4.72. The number of benzene rings is 1. The molecule has 1 amide bonds. The topological polar surface area (TPSA) is 79.0 Å². The SMILES string of the molecule is COc1ccc(N(CC(=O)NCCCN2CCCCCC2)S(C)(=O)=O)cc1. The predicted octanol–water partition coefficient (Wildman–Crippen LogP) is 1.84. The minimum absolute atomic E-state index is 0.227. The molecule has 1 aromatic carbocycles. The van der Waals surface area contributed by atoms with Crippen molar-refractivity contribution in [2.24, 2.45) is 0 Å². The van der Waals surface area contributed by atoms with Crippen LogP contribution in [0.1, 0.15) is 32.1 Å². The van der Waals surface area contributed by atoms with E-state index < -0.39 is 10.0 Å². The number of anilines is 1. The van der Waals surface area contributed by atoms with Crippen LogP contribution in [0.3, 0.4) is 0 Å². The highest BCUT2D eigenvalue weighted by molar-refractivity contribution is 7.92. The highest BCUT2D eigenvalue weighted by atomic mass is 32.2. The maximum atomic E-state index is 12.2. The quantitative estimate of drug-likeness (QED) is 0.644. The van der Waals surface area contributed by atoms with E-state index >= 15 is 0 Å². The monoisotopic (exact) mass is 397 g/mol. The molecule has 1 aromatic rings. The maximum Gasteiger partial charge on any atom is 0.240 e. The zero-order valence-electron chi connectivity index (χ0n) is 16.3. The Morgan fingerprint density at radius 2 is 1.78 bits per heavy atom. The molecular weight excluding hydrogens is 366 g/mol. The van der Waals surface area contributed by atoms with Crippen LogP contribution in [0.2, 0.25) is 0 Å². The molecule has 7 nitrogen and oxygen atoms in total. The van der Waals surface area contributed by atoms with Crippen LogP contribution in [0.4, 0.5) is 5.69 Å². The normalized spacial score (nSPS) is 15.8. The lowest BCUT2D eigenvalue weighted by Gasteiger charge is -2.22. The van der Waals surface area contributed by atoms with Crippen LogP contribution < -0.4 is 14.4 Å². The summed E-state index contributed by atoms with van der Waals surface area (Å²) >= 11 is 0. The minimum Gasteiger partial charge on any atom is -0.497 e. The van der Waals surface area contributed by atoms with Gasteiger partial charge in [-0.25, -0.2) is 8.42 Å². The van der Waals surface area contributed by atoms with E-state index in [1.165, 1.54) is 25.7 Å². The van der Waals surface area contributed by atoms with E-state index in [-0.39, 0.29) is 12.5 Å². The zero-order chi connectivity index (χ0) is 19.7. The molecule has 1 saturated heterocycles. The van der Waals surface area contributed by atoms with Crippen LogP contribution in [0.5, 0.6) is 5.75 Å². The molecule has 0 aromatic heterocycles. The molecule has 1 aliphatic rings. The first kappa shape index (κ1) is 21.5. The Balaban J connectivity index is 1.82. The number of methoxy groups -OCH3 is 1. The standard InChI is InChI=1S/C19H31N3O4S/c1-26-18-10-8-17(9-11-18)22(27(2,24)25)16-19(23)20-12-7-15-21-13-5-3-4-6-14-21/h8-11H,3-7,12-16H2,1-2H3,(H,20,23). The minimum atomic E-state index is -3.56. The summed E-state index contributed by atoms with van der Waals surface area (Å²) in [4.78, 5) is 14.7. The predicted molar refractivity (Wildman–Crippen MR) is 108 cm³/mol. The number of carbonyl (C=O) groups excluding carboxylic acids is 1. The van der Waals surface area contributed by atoms with Crippen molar-refractivity contribution in [3.63, 3.8) is 0 Å². The van der Waals surface area contributed by atoms with Crippen molar-refractivity contribution in [2.45, 2.75) is 32.1 Å². The van der Waals surface area contributed by atoms with Crippen molar-refractivity contribution in [3.8, 4) is 5.75 Å². The summed E-state index contributed by atoms with van der Waals surface area (Å²) in [7, 11) is -2.02. The van der Waals surface area contributed by atoms with Crippen molar-refractivity contribution in [3.05, 3.63) is 24.3 Å². The number of likely N-dealkylation sites (tertiary alicyclic amines) is 1. The molecule has 27 heavy (non-hydrogen) atoms. The summed E-state index contributed by atoms with van der Waals surface area (Å²) < 4.78 is 30.4. The molecule has 0 aliphatic carbocycles. The number of nitrogens with one attached hydrogen (secondary N) is 1. The van der Waals surface area contributed by atoms with Gasteiger partial charge in [-0.2, -0.15) is 0 Å². The van der Waals surface area contributed by atoms with Crippen molar-refractivity contribution < 1.29 is 17.9 Å². The number of amides is 1. The number of carbonyl (C=O) groups is 1. The first-order valence-corrected chi connectivity index (χ1v) is 11.4. The molecule has 1 aliphatic heterocycles. The van der Waals surface area contributed by atoms with Crippen LogP contribution >= 0.6 is 0 Å². The van der Waals surface area contributed by atoms with Crippen LogP contribution in [-0.2, 0) is 14.8 Å². The van der Waals surface area contributed by atoms with Gasteiger partial charge in [-0.15, -0.1) is 0 Å². The number of hydrogen-bond acceptors (Lipinski definition) is 5. The fourth-order valence-corrected chi connectivity index (χ4v) is 4.08. The summed E-state index contributed by atoms with van der Waals surface area (Å²) in [5, 5.41) is 2.84. The van der Waals surface area contributed by atoms with Crippen LogP contribution in [0.25, 0.3) is 0 Å². The summed E-state index contributed by atoms with van der Waals surface area (Å²) in [5.41, 5.74) is 0.443. The Labute approximate surface area is 162 Å². The van der Waals surface area contributed by atoms with E-state index in [0.29, 0.717) is 18.0 Å². The van der Waals surface area contributed by atoms with Crippen molar-refractivity contribution in [1.82, 2.24) is 10.2 Å². The number of sulfonamides is 1. The lowest BCUT2D eigenvalue weighted by molar-refractivity contribution is -0.119. The molecule has 0 spiro atoms. The fraction of sp³-hybridized carbons (Fsp3) is 0.632. The third-order valence-corrected chi connectivity index (χ3v) is 5.86. The second kappa shape index (κ2) is 10.5. The van der Waals surface area contributed by atoms with E-state index in [2.05, 4.69) is 10.2 Å². The average molecular weight is 398 g/mol. The van der Waals surface area contributed by atoms with Gasteiger partial charge in [0.05, 0.1) is 19.1 Å². The highest BCUT2D eigenvalue weighted by Gasteiger charge is 2.20. The average Bonchev–Trinajstić information content (AvgIpc) is 2.91. The molecule has 1 heterocycles. The van der Waals surface area contributed by atoms with E-state index in [0.717, 1.165) is 36.6 Å². The lowest BCUT2D eigenvalue weighted by atomic mass is 10.2. The van der Waals surface area contributed by atoms with Crippen molar-refractivity contribution in [2.75, 3.05) is 50.4 Å². The van der Waals surface area contributed by atoms with Crippen LogP contribution in [-0.4, -0.2) is 65.3 Å². The Bertz CT molecular complexity index is 683. The molecule has 0 bridgehead atoms. The largest absolute Gasteiger partial charge is 0.497 e. The van der Waals surface area contributed by atoms with E-state index in [1.54, 1.807) is 31.4 Å². The van der Waals surface area contributed by atoms with Gasteiger partial charge in [-0.1, -0.05) is 12.8 Å². The first-order valence-electron chi connectivity index (χ1n) is 9.51. The number of ether oxygens (including phenoxy) is 1. The van der Waals surface area contributed by atoms with Gasteiger partial charge in [-0.05, 0) is 63.2 Å². The molecule has 8 heteroatoms. The Morgan fingerprint density at radius 3 is 2.33 bits per heavy atom. The van der Waals surface area contributed by atoms with Gasteiger partial charge in [0.25, 0.3) is 0 Å². The molecule has 1 N–H and O–H groups in total. The number of rotatable bonds is 9. The van der Waals surface area contributed by atoms with Gasteiger partial charge in [0.2, 0.25) is 15.9 Å². The van der Waals surface area contributed by atoms with Crippen LogP contribution in [0.15, 0.2) is 24.3 Å². The second-order valence-corrected chi connectivity index (χ2v) is 8.83. The zero-order valence-corrected chi connectivity index (χ0v) is 17.1. The third kappa shape index (κ3) is 7.38. The molecule has 0 saturated carbocycles. The molecule has 2 rings (SSSR count). The lowest BCUT2D eigenvalue weighted by Crippen LogP contribution is -2.41. The molecule has 152 valence electrons. The first-order chi connectivity index (χ1) is 12.9.